The van der Waals surface area contributed by atoms with Gasteiger partial charge in [0, 0.05) is 26.2 Å². The molecule has 0 bridgehead atoms. The molecule has 1 atom stereocenters. The predicted octanol–water partition coefficient (Wildman–Crippen LogP) is -0.402. The van der Waals surface area contributed by atoms with Gasteiger partial charge in [0.25, 0.3) is 0 Å². The maximum atomic E-state index is 12.1. The van der Waals surface area contributed by atoms with E-state index in [1.807, 2.05) is 6.92 Å². The minimum atomic E-state index is -0.959. The number of ether oxygens (including phenoxy) is 1. The van der Waals surface area contributed by atoms with E-state index in [2.05, 4.69) is 15.4 Å². The highest BCUT2D eigenvalue weighted by Crippen LogP contribution is 2.21. The largest absolute Gasteiger partial charge is 0.409 e. The lowest BCUT2D eigenvalue weighted by Crippen LogP contribution is -2.49. The molecule has 1 amide bonds. The lowest BCUT2D eigenvalue weighted by molar-refractivity contribution is -0.127. The number of amidine groups is 1. The molecule has 0 spiro atoms. The molecule has 7 heteroatoms. The van der Waals surface area contributed by atoms with Gasteiger partial charge in [0.15, 0.2) is 5.84 Å². The van der Waals surface area contributed by atoms with Gasteiger partial charge in [0.05, 0.1) is 13.2 Å². The molecule has 0 aromatic rings. The first-order valence-corrected chi connectivity index (χ1v) is 6.61. The van der Waals surface area contributed by atoms with Crippen molar-refractivity contribution >= 4 is 11.7 Å². The number of amides is 1. The number of morpholine rings is 1. The molecule has 0 aliphatic carbocycles. The van der Waals surface area contributed by atoms with E-state index in [0.717, 1.165) is 32.8 Å². The smallest absolute Gasteiger partial charge is 0.233 e. The molecular weight excluding hydrogens is 248 g/mol. The average Bonchev–Trinajstić information content (AvgIpc) is 2.46. The standard InChI is InChI=1S/C12H24N4O3/c1-3-12(2,10(13)15-18)11(17)14-4-5-16-6-8-19-9-7-16/h18H,3-9H2,1-2H3,(H2,13,15)(H,14,17). The number of hydrogen-bond acceptors (Lipinski definition) is 5. The lowest BCUT2D eigenvalue weighted by atomic mass is 9.85. The number of nitrogens with zero attached hydrogens (tertiary/aromatic N) is 2. The summed E-state index contributed by atoms with van der Waals surface area (Å²) < 4.78 is 5.26. The first-order chi connectivity index (χ1) is 9.04. The first kappa shape index (κ1) is 15.7. The summed E-state index contributed by atoms with van der Waals surface area (Å²) in [7, 11) is 0. The van der Waals surface area contributed by atoms with Gasteiger partial charge < -0.3 is 21.0 Å². The van der Waals surface area contributed by atoms with Crippen LogP contribution in [0.5, 0.6) is 0 Å². The molecule has 7 nitrogen and oxygen atoms in total. The molecule has 110 valence electrons. The number of hydrogen-bond donors (Lipinski definition) is 3. The Morgan fingerprint density at radius 3 is 2.68 bits per heavy atom. The Labute approximate surface area is 113 Å². The van der Waals surface area contributed by atoms with E-state index in [1.54, 1.807) is 6.92 Å². The number of nitrogens with one attached hydrogen (secondary N) is 1. The van der Waals surface area contributed by atoms with Gasteiger partial charge in [0.1, 0.15) is 5.41 Å². The molecule has 19 heavy (non-hydrogen) atoms. The highest BCUT2D eigenvalue weighted by atomic mass is 16.5. The zero-order valence-electron chi connectivity index (χ0n) is 11.7. The first-order valence-electron chi connectivity index (χ1n) is 6.61. The second kappa shape index (κ2) is 7.30. The fourth-order valence-corrected chi connectivity index (χ4v) is 1.92. The van der Waals surface area contributed by atoms with Gasteiger partial charge in [0.2, 0.25) is 5.91 Å². The SMILES string of the molecule is CCC(C)(C(=O)NCCN1CCOCC1)C(N)=NO. The van der Waals surface area contributed by atoms with Gasteiger partial charge in [-0.05, 0) is 13.3 Å². The van der Waals surface area contributed by atoms with Crippen LogP contribution in [0.1, 0.15) is 20.3 Å². The molecule has 0 aromatic carbocycles. The summed E-state index contributed by atoms with van der Waals surface area (Å²) in [6, 6.07) is 0. The summed E-state index contributed by atoms with van der Waals surface area (Å²) in [6.45, 7) is 8.10. The van der Waals surface area contributed by atoms with E-state index in [1.165, 1.54) is 0 Å². The molecule has 1 unspecified atom stereocenters. The van der Waals surface area contributed by atoms with Gasteiger partial charge in [-0.15, -0.1) is 0 Å². The van der Waals surface area contributed by atoms with E-state index in [0.29, 0.717) is 13.0 Å². The van der Waals surface area contributed by atoms with Crippen LogP contribution in [0.25, 0.3) is 0 Å². The maximum Gasteiger partial charge on any atom is 0.233 e. The van der Waals surface area contributed by atoms with Gasteiger partial charge in [-0.25, -0.2) is 0 Å². The van der Waals surface area contributed by atoms with Gasteiger partial charge >= 0.3 is 0 Å². The van der Waals surface area contributed by atoms with Crippen LogP contribution in [0.4, 0.5) is 0 Å². The lowest BCUT2D eigenvalue weighted by Gasteiger charge is -2.28. The fourth-order valence-electron chi connectivity index (χ4n) is 1.92. The van der Waals surface area contributed by atoms with Crippen LogP contribution < -0.4 is 11.1 Å². The molecular formula is C12H24N4O3. The number of carbonyl (C=O) groups is 1. The van der Waals surface area contributed by atoms with Crippen molar-refractivity contribution in [1.82, 2.24) is 10.2 Å². The Morgan fingerprint density at radius 2 is 2.16 bits per heavy atom. The van der Waals surface area contributed by atoms with Crippen molar-refractivity contribution in [1.29, 1.82) is 0 Å². The summed E-state index contributed by atoms with van der Waals surface area (Å²) in [4.78, 5) is 14.3. The third-order valence-electron chi connectivity index (χ3n) is 3.70. The summed E-state index contributed by atoms with van der Waals surface area (Å²) in [5.74, 6) is -0.266. The number of rotatable bonds is 6. The highest BCUT2D eigenvalue weighted by Gasteiger charge is 2.36. The Hall–Kier alpha value is -1.34. The second-order valence-corrected chi connectivity index (χ2v) is 4.88. The molecule has 0 radical (unpaired) electrons. The third-order valence-corrected chi connectivity index (χ3v) is 3.70. The van der Waals surface area contributed by atoms with Crippen LogP contribution in [0.2, 0.25) is 0 Å². The highest BCUT2D eigenvalue weighted by molar-refractivity contribution is 6.06. The molecule has 1 rings (SSSR count). The van der Waals surface area contributed by atoms with Crippen molar-refractivity contribution in [3.05, 3.63) is 0 Å². The minimum absolute atomic E-state index is 0.0566. The Morgan fingerprint density at radius 1 is 1.53 bits per heavy atom. The van der Waals surface area contributed by atoms with E-state index >= 15 is 0 Å². The van der Waals surface area contributed by atoms with E-state index in [4.69, 9.17) is 15.7 Å². The average molecular weight is 272 g/mol. The van der Waals surface area contributed by atoms with Crippen LogP contribution >= 0.6 is 0 Å². The van der Waals surface area contributed by atoms with Crippen molar-refractivity contribution in [2.45, 2.75) is 20.3 Å². The van der Waals surface area contributed by atoms with Crippen molar-refractivity contribution in [3.63, 3.8) is 0 Å². The van der Waals surface area contributed by atoms with Crippen molar-refractivity contribution < 1.29 is 14.7 Å². The van der Waals surface area contributed by atoms with E-state index < -0.39 is 5.41 Å². The van der Waals surface area contributed by atoms with Crippen LogP contribution in [0.15, 0.2) is 5.16 Å². The van der Waals surface area contributed by atoms with E-state index in [-0.39, 0.29) is 11.7 Å². The Balaban J connectivity index is 2.40. The van der Waals surface area contributed by atoms with Crippen molar-refractivity contribution in [2.24, 2.45) is 16.3 Å². The molecule has 1 saturated heterocycles. The van der Waals surface area contributed by atoms with Crippen LogP contribution in [0.3, 0.4) is 0 Å². The zero-order valence-corrected chi connectivity index (χ0v) is 11.7. The Kier molecular flexibility index (Phi) is 6.04. The van der Waals surface area contributed by atoms with Crippen molar-refractivity contribution in [3.8, 4) is 0 Å². The van der Waals surface area contributed by atoms with Gasteiger partial charge in [-0.2, -0.15) is 0 Å². The summed E-state index contributed by atoms with van der Waals surface area (Å²) >= 11 is 0. The zero-order chi connectivity index (χ0) is 14.3. The molecule has 1 fully saturated rings. The molecule has 0 saturated carbocycles. The van der Waals surface area contributed by atoms with Gasteiger partial charge in [-0.3, -0.25) is 9.69 Å². The monoisotopic (exact) mass is 272 g/mol. The Bertz CT molecular complexity index is 329. The van der Waals surface area contributed by atoms with Gasteiger partial charge in [-0.1, -0.05) is 12.1 Å². The van der Waals surface area contributed by atoms with Crippen LogP contribution in [-0.2, 0) is 9.53 Å². The number of nitrogens with two attached hydrogens (primary N) is 1. The molecule has 1 heterocycles. The second-order valence-electron chi connectivity index (χ2n) is 4.88. The van der Waals surface area contributed by atoms with Crippen LogP contribution in [-0.4, -0.2) is 61.2 Å². The number of oxime groups is 1. The predicted molar refractivity (Wildman–Crippen MR) is 72.1 cm³/mol. The normalized spacial score (nSPS) is 20.8. The molecule has 0 aromatic heterocycles. The molecule has 4 N–H and O–H groups in total. The third kappa shape index (κ3) is 4.07. The number of carbonyl (C=O) groups excluding carboxylic acids is 1. The fraction of sp³-hybridized carbons (Fsp3) is 0.833. The summed E-state index contributed by atoms with van der Waals surface area (Å²) in [6.07, 6.45) is 0.478. The van der Waals surface area contributed by atoms with E-state index in [9.17, 15) is 4.79 Å². The summed E-state index contributed by atoms with van der Waals surface area (Å²) in [5, 5.41) is 14.5. The maximum absolute atomic E-state index is 12.1. The minimum Gasteiger partial charge on any atom is -0.409 e. The topological polar surface area (TPSA) is 100 Å². The van der Waals surface area contributed by atoms with Crippen molar-refractivity contribution in [2.75, 3.05) is 39.4 Å². The molecule has 1 aliphatic rings. The molecule has 1 aliphatic heterocycles. The summed E-state index contributed by atoms with van der Waals surface area (Å²) in [5.41, 5.74) is 4.63. The van der Waals surface area contributed by atoms with Crippen LogP contribution in [0, 0.1) is 5.41 Å². The quantitative estimate of drug-likeness (QED) is 0.264.